The average Bonchev–Trinajstić information content (AvgIpc) is 3.15. The molecule has 0 aliphatic carbocycles. The summed E-state index contributed by atoms with van der Waals surface area (Å²) < 4.78 is 1.74. The van der Waals surface area contributed by atoms with Gasteiger partial charge in [-0.15, -0.1) is 5.10 Å². The molecule has 0 unspecified atom stereocenters. The van der Waals surface area contributed by atoms with Crippen LogP contribution in [0.15, 0.2) is 24.4 Å². The van der Waals surface area contributed by atoms with Crippen molar-refractivity contribution in [2.45, 2.75) is 31.9 Å². The molecule has 1 N–H and O–H groups in total. The van der Waals surface area contributed by atoms with Crippen molar-refractivity contribution < 1.29 is 5.11 Å². The molecule has 1 aromatic carbocycles. The summed E-state index contributed by atoms with van der Waals surface area (Å²) >= 11 is 6.10. The van der Waals surface area contributed by atoms with E-state index in [0.29, 0.717) is 35.8 Å². The molecule has 1 aliphatic heterocycles. The lowest BCUT2D eigenvalue weighted by Gasteiger charge is -2.22. The van der Waals surface area contributed by atoms with Crippen LogP contribution in [0.4, 0.5) is 5.69 Å². The van der Waals surface area contributed by atoms with Crippen molar-refractivity contribution in [1.29, 1.82) is 5.26 Å². The minimum absolute atomic E-state index is 0.203. The van der Waals surface area contributed by atoms with Gasteiger partial charge >= 0.3 is 0 Å². The molecule has 1 aromatic heterocycles. The molecule has 2 aromatic rings. The molecule has 7 heteroatoms. The summed E-state index contributed by atoms with van der Waals surface area (Å²) in [5.74, 6) is 0. The first-order valence-electron chi connectivity index (χ1n) is 7.52. The number of benzene rings is 1. The van der Waals surface area contributed by atoms with Gasteiger partial charge in [-0.25, -0.2) is 4.68 Å². The minimum atomic E-state index is -1.02. The number of hydrogen-bond donors (Lipinski definition) is 1. The maximum Gasteiger partial charge on any atom is 0.129 e. The fourth-order valence-electron chi connectivity index (χ4n) is 2.76. The monoisotopic (exact) mass is 331 g/mol. The Bertz CT molecular complexity index is 766. The summed E-state index contributed by atoms with van der Waals surface area (Å²) in [6.45, 7) is 5.14. The van der Waals surface area contributed by atoms with E-state index in [0.717, 1.165) is 5.69 Å². The fraction of sp³-hybridized carbons (Fsp3) is 0.438. The second kappa shape index (κ2) is 5.84. The van der Waals surface area contributed by atoms with Gasteiger partial charge in [0.1, 0.15) is 17.4 Å². The molecule has 0 radical (unpaired) electrons. The number of aliphatic hydroxyl groups is 1. The third-order valence-electron chi connectivity index (χ3n) is 4.20. The Morgan fingerprint density at radius 3 is 2.83 bits per heavy atom. The van der Waals surface area contributed by atoms with Gasteiger partial charge in [-0.1, -0.05) is 16.8 Å². The van der Waals surface area contributed by atoms with E-state index in [1.54, 1.807) is 23.0 Å². The smallest absolute Gasteiger partial charge is 0.129 e. The molecule has 23 heavy (non-hydrogen) atoms. The van der Waals surface area contributed by atoms with E-state index in [4.69, 9.17) is 16.9 Å². The first kappa shape index (κ1) is 15.8. The molecule has 120 valence electrons. The van der Waals surface area contributed by atoms with Gasteiger partial charge in [-0.05, 0) is 32.0 Å². The highest BCUT2D eigenvalue weighted by molar-refractivity contribution is 6.32. The van der Waals surface area contributed by atoms with E-state index in [9.17, 15) is 5.11 Å². The van der Waals surface area contributed by atoms with Gasteiger partial charge in [-0.2, -0.15) is 5.26 Å². The molecule has 1 fully saturated rings. The van der Waals surface area contributed by atoms with Gasteiger partial charge in [0.25, 0.3) is 0 Å². The molecular weight excluding hydrogens is 314 g/mol. The number of nitrogens with zero attached hydrogens (tertiary/aromatic N) is 5. The quantitative estimate of drug-likeness (QED) is 0.934. The number of β-amino-alcohol motifs (C(OH)–C–C–N with tert-alkyl or cyclic N) is 1. The Morgan fingerprint density at radius 1 is 1.43 bits per heavy atom. The topological polar surface area (TPSA) is 78.0 Å². The van der Waals surface area contributed by atoms with Crippen LogP contribution in [0, 0.1) is 11.3 Å². The molecule has 1 saturated heterocycles. The third kappa shape index (κ3) is 2.90. The molecule has 0 spiro atoms. The average molecular weight is 332 g/mol. The first-order valence-corrected chi connectivity index (χ1v) is 7.90. The Morgan fingerprint density at radius 2 is 2.22 bits per heavy atom. The molecule has 2 heterocycles. The van der Waals surface area contributed by atoms with Crippen LogP contribution in [-0.2, 0) is 5.60 Å². The van der Waals surface area contributed by atoms with Crippen LogP contribution in [0.25, 0.3) is 0 Å². The van der Waals surface area contributed by atoms with Crippen LogP contribution in [0.1, 0.15) is 37.6 Å². The van der Waals surface area contributed by atoms with E-state index in [-0.39, 0.29) is 6.04 Å². The van der Waals surface area contributed by atoms with Crippen LogP contribution in [-0.4, -0.2) is 33.2 Å². The van der Waals surface area contributed by atoms with Gasteiger partial charge < -0.3 is 10.0 Å². The second-order valence-electron chi connectivity index (χ2n) is 6.16. The predicted octanol–water partition coefficient (Wildman–Crippen LogP) is 2.48. The van der Waals surface area contributed by atoms with Crippen LogP contribution >= 0.6 is 11.6 Å². The minimum Gasteiger partial charge on any atom is -0.381 e. The molecular formula is C16H18ClN5O. The standard InChI is InChI=1S/C16H18ClN5O/c1-11(2)22-9-15(19-20-22)16(23)5-6-21(10-16)13-4-3-12(8-18)14(17)7-13/h3-4,7,9,11,23H,5-6,10H2,1-2H3/t16-/m1/s1. The van der Waals surface area contributed by atoms with Gasteiger partial charge in [0.2, 0.25) is 0 Å². The maximum atomic E-state index is 10.9. The second-order valence-corrected chi connectivity index (χ2v) is 6.56. The van der Waals surface area contributed by atoms with Crippen molar-refractivity contribution in [3.63, 3.8) is 0 Å². The molecule has 0 amide bonds. The molecule has 6 nitrogen and oxygen atoms in total. The van der Waals surface area contributed by atoms with E-state index in [1.165, 1.54) is 0 Å². The Kier molecular flexibility index (Phi) is 4.00. The maximum absolute atomic E-state index is 10.9. The number of halogens is 1. The van der Waals surface area contributed by atoms with E-state index < -0.39 is 5.60 Å². The number of aromatic nitrogens is 3. The number of hydrogen-bond acceptors (Lipinski definition) is 5. The number of nitriles is 1. The van der Waals surface area contributed by atoms with Crippen molar-refractivity contribution in [3.05, 3.63) is 40.7 Å². The SMILES string of the molecule is CC(C)n1cc([C@@]2(O)CCN(c3ccc(C#N)c(Cl)c3)C2)nn1. The van der Waals surface area contributed by atoms with E-state index in [2.05, 4.69) is 10.3 Å². The lowest BCUT2D eigenvalue weighted by Crippen LogP contribution is -2.31. The Balaban J connectivity index is 1.82. The van der Waals surface area contributed by atoms with E-state index >= 15 is 0 Å². The zero-order chi connectivity index (χ0) is 16.6. The summed E-state index contributed by atoms with van der Waals surface area (Å²) in [5, 5.41) is 28.5. The molecule has 0 bridgehead atoms. The third-order valence-corrected chi connectivity index (χ3v) is 4.51. The molecule has 1 atom stereocenters. The lowest BCUT2D eigenvalue weighted by atomic mass is 10.00. The largest absolute Gasteiger partial charge is 0.381 e. The Labute approximate surface area is 139 Å². The molecule has 3 rings (SSSR count). The van der Waals surface area contributed by atoms with Crippen molar-refractivity contribution in [2.75, 3.05) is 18.0 Å². The summed E-state index contributed by atoms with van der Waals surface area (Å²) in [6, 6.07) is 7.56. The normalized spacial score (nSPS) is 21.0. The fourth-order valence-corrected chi connectivity index (χ4v) is 2.97. The van der Waals surface area contributed by atoms with Gasteiger partial charge in [0.15, 0.2) is 0 Å². The van der Waals surface area contributed by atoms with Gasteiger partial charge in [0.05, 0.1) is 23.3 Å². The summed E-state index contributed by atoms with van der Waals surface area (Å²) in [4.78, 5) is 2.04. The van der Waals surface area contributed by atoms with Gasteiger partial charge in [-0.3, -0.25) is 0 Å². The molecule has 1 aliphatic rings. The van der Waals surface area contributed by atoms with Crippen LogP contribution in [0.5, 0.6) is 0 Å². The lowest BCUT2D eigenvalue weighted by molar-refractivity contribution is 0.0559. The van der Waals surface area contributed by atoms with Crippen molar-refractivity contribution in [2.24, 2.45) is 0 Å². The summed E-state index contributed by atoms with van der Waals surface area (Å²) in [5.41, 5.74) is 0.910. The van der Waals surface area contributed by atoms with Crippen LogP contribution < -0.4 is 4.90 Å². The zero-order valence-electron chi connectivity index (χ0n) is 13.1. The highest BCUT2D eigenvalue weighted by Crippen LogP contribution is 2.35. The summed E-state index contributed by atoms with van der Waals surface area (Å²) in [7, 11) is 0. The van der Waals surface area contributed by atoms with Crippen LogP contribution in [0.3, 0.4) is 0 Å². The van der Waals surface area contributed by atoms with Crippen molar-refractivity contribution in [1.82, 2.24) is 15.0 Å². The predicted molar refractivity (Wildman–Crippen MR) is 87.3 cm³/mol. The molecule has 0 saturated carbocycles. The highest BCUT2D eigenvalue weighted by Gasteiger charge is 2.40. The number of rotatable bonds is 3. The van der Waals surface area contributed by atoms with Crippen LogP contribution in [0.2, 0.25) is 5.02 Å². The number of anilines is 1. The zero-order valence-corrected chi connectivity index (χ0v) is 13.8. The van der Waals surface area contributed by atoms with Crippen molar-refractivity contribution in [3.8, 4) is 6.07 Å². The summed E-state index contributed by atoms with van der Waals surface area (Å²) in [6.07, 6.45) is 2.38. The van der Waals surface area contributed by atoms with E-state index in [1.807, 2.05) is 30.9 Å². The Hall–Kier alpha value is -2.10. The van der Waals surface area contributed by atoms with Crippen molar-refractivity contribution >= 4 is 17.3 Å². The first-order chi connectivity index (χ1) is 10.9. The van der Waals surface area contributed by atoms with Gasteiger partial charge in [0, 0.05) is 24.7 Å². The highest BCUT2D eigenvalue weighted by atomic mass is 35.5.